The van der Waals surface area contributed by atoms with Gasteiger partial charge in [0.05, 0.1) is 6.04 Å². The molecular formula is C18H25NO4. The Kier molecular flexibility index (Phi) is 4.42. The van der Waals surface area contributed by atoms with Crippen LogP contribution in [0.1, 0.15) is 46.2 Å². The highest BCUT2D eigenvalue weighted by Crippen LogP contribution is 2.68. The number of carbonyl (C=O) groups is 2. The molecule has 0 aliphatic heterocycles. The summed E-state index contributed by atoms with van der Waals surface area (Å²) in [5, 5.41) is 11.7. The number of hydrogen-bond acceptors (Lipinski definition) is 3. The molecule has 23 heavy (non-hydrogen) atoms. The van der Waals surface area contributed by atoms with Gasteiger partial charge in [0.1, 0.15) is 5.75 Å². The lowest BCUT2D eigenvalue weighted by atomic mass is 10.0. The summed E-state index contributed by atoms with van der Waals surface area (Å²) >= 11 is 0. The van der Waals surface area contributed by atoms with Gasteiger partial charge >= 0.3 is 5.97 Å². The molecule has 2 rings (SSSR count). The number of ether oxygens (including phenoxy) is 1. The average Bonchev–Trinajstić information content (AvgIpc) is 2.86. The van der Waals surface area contributed by atoms with E-state index in [1.54, 1.807) is 12.1 Å². The van der Waals surface area contributed by atoms with Crippen molar-refractivity contribution in [1.29, 1.82) is 0 Å². The molecule has 1 fully saturated rings. The summed E-state index contributed by atoms with van der Waals surface area (Å²) in [4.78, 5) is 22.9. The van der Waals surface area contributed by atoms with Gasteiger partial charge in [-0.15, -0.1) is 0 Å². The normalized spacial score (nSPS) is 19.7. The zero-order valence-corrected chi connectivity index (χ0v) is 14.3. The van der Waals surface area contributed by atoms with Crippen LogP contribution in [-0.4, -0.2) is 23.6 Å². The quantitative estimate of drug-likeness (QED) is 0.845. The highest BCUT2D eigenvalue weighted by atomic mass is 16.5. The summed E-state index contributed by atoms with van der Waals surface area (Å²) in [6.07, 6.45) is 0. The predicted octanol–water partition coefficient (Wildman–Crippen LogP) is 3.01. The first-order valence-corrected chi connectivity index (χ1v) is 7.82. The lowest BCUT2D eigenvalue weighted by Crippen LogP contribution is -2.30. The molecule has 5 nitrogen and oxygen atoms in total. The van der Waals surface area contributed by atoms with Gasteiger partial charge in [-0.25, -0.2) is 4.79 Å². The van der Waals surface area contributed by atoms with E-state index in [4.69, 9.17) is 9.84 Å². The van der Waals surface area contributed by atoms with Crippen molar-refractivity contribution < 1.29 is 19.4 Å². The molecule has 2 N–H and O–H groups in total. The van der Waals surface area contributed by atoms with Gasteiger partial charge in [0.25, 0.3) is 0 Å². The molecule has 5 heteroatoms. The molecule has 0 spiro atoms. The maximum Gasteiger partial charge on any atom is 0.341 e. The van der Waals surface area contributed by atoms with Crippen molar-refractivity contribution in [2.75, 3.05) is 6.61 Å². The van der Waals surface area contributed by atoms with E-state index in [9.17, 15) is 9.59 Å². The van der Waals surface area contributed by atoms with Gasteiger partial charge in [-0.1, -0.05) is 39.8 Å². The van der Waals surface area contributed by atoms with Crippen LogP contribution >= 0.6 is 0 Å². The Morgan fingerprint density at radius 3 is 2.13 bits per heavy atom. The van der Waals surface area contributed by atoms with Crippen LogP contribution in [0.15, 0.2) is 24.3 Å². The second kappa shape index (κ2) is 5.87. The van der Waals surface area contributed by atoms with E-state index >= 15 is 0 Å². The molecule has 1 atom stereocenters. The Morgan fingerprint density at radius 1 is 1.17 bits per heavy atom. The van der Waals surface area contributed by atoms with Crippen molar-refractivity contribution in [2.45, 2.75) is 40.7 Å². The summed E-state index contributed by atoms with van der Waals surface area (Å²) in [5.74, 6) is -0.405. The van der Waals surface area contributed by atoms with Gasteiger partial charge in [0.2, 0.25) is 5.91 Å². The van der Waals surface area contributed by atoms with Crippen LogP contribution < -0.4 is 10.1 Å². The van der Waals surface area contributed by atoms with Crippen molar-refractivity contribution in [1.82, 2.24) is 5.32 Å². The van der Waals surface area contributed by atoms with Crippen molar-refractivity contribution in [2.24, 2.45) is 16.7 Å². The molecule has 0 heterocycles. The molecule has 1 aliphatic carbocycles. The number of aliphatic carboxylic acids is 1. The fourth-order valence-electron chi connectivity index (χ4n) is 3.23. The van der Waals surface area contributed by atoms with Crippen LogP contribution in [-0.2, 0) is 9.59 Å². The molecule has 0 saturated heterocycles. The van der Waals surface area contributed by atoms with Crippen molar-refractivity contribution in [3.05, 3.63) is 29.8 Å². The second-order valence-electron chi connectivity index (χ2n) is 7.36. The van der Waals surface area contributed by atoms with Gasteiger partial charge in [-0.3, -0.25) is 4.79 Å². The third kappa shape index (κ3) is 3.33. The molecule has 0 bridgehead atoms. The first kappa shape index (κ1) is 17.3. The average molecular weight is 319 g/mol. The maximum atomic E-state index is 12.5. The highest BCUT2D eigenvalue weighted by molar-refractivity contribution is 5.84. The van der Waals surface area contributed by atoms with Crippen LogP contribution in [0.2, 0.25) is 0 Å². The Balaban J connectivity index is 1.95. The van der Waals surface area contributed by atoms with Crippen molar-refractivity contribution in [3.63, 3.8) is 0 Å². The first-order valence-electron chi connectivity index (χ1n) is 7.82. The lowest BCUT2D eigenvalue weighted by molar-refractivity contribution is -0.139. The molecule has 1 amide bonds. The van der Waals surface area contributed by atoms with Crippen molar-refractivity contribution in [3.8, 4) is 5.75 Å². The summed E-state index contributed by atoms with van der Waals surface area (Å²) < 4.78 is 5.10. The summed E-state index contributed by atoms with van der Waals surface area (Å²) in [6, 6.07) is 7.00. The lowest BCUT2D eigenvalue weighted by Gasteiger charge is -2.16. The minimum absolute atomic E-state index is 0.0192. The minimum atomic E-state index is -1.01. The van der Waals surface area contributed by atoms with Crippen LogP contribution in [0.3, 0.4) is 0 Å². The molecule has 1 aliphatic rings. The Bertz CT molecular complexity index is 590. The number of carboxylic acid groups (broad SMARTS) is 1. The molecule has 0 radical (unpaired) electrons. The SMILES string of the molecule is CC(NC(=O)C1C(C)(C)C1(C)C)c1ccc(OCC(=O)O)cc1. The van der Waals surface area contributed by atoms with Crippen molar-refractivity contribution >= 4 is 11.9 Å². The van der Waals surface area contributed by atoms with E-state index < -0.39 is 5.97 Å². The Morgan fingerprint density at radius 2 is 1.70 bits per heavy atom. The monoisotopic (exact) mass is 319 g/mol. The molecule has 126 valence electrons. The van der Waals surface area contributed by atoms with Gasteiger partial charge in [0.15, 0.2) is 6.61 Å². The van der Waals surface area contributed by atoms with E-state index in [0.29, 0.717) is 5.75 Å². The van der Waals surface area contributed by atoms with Crippen LogP contribution in [0.4, 0.5) is 0 Å². The largest absolute Gasteiger partial charge is 0.482 e. The summed E-state index contributed by atoms with van der Waals surface area (Å²) in [7, 11) is 0. The number of hydrogen-bond donors (Lipinski definition) is 2. The molecule has 1 aromatic carbocycles. The number of rotatable bonds is 6. The standard InChI is InChI=1S/C18H25NO4/c1-11(19-16(22)15-17(2,3)18(15,4)5)12-6-8-13(9-7-12)23-10-14(20)21/h6-9,11,15H,10H2,1-5H3,(H,19,22)(H,20,21). The fourth-order valence-corrected chi connectivity index (χ4v) is 3.23. The molecule has 1 aromatic rings. The fraction of sp³-hybridized carbons (Fsp3) is 0.556. The number of carboxylic acids is 1. The number of benzene rings is 1. The van der Waals surface area contributed by atoms with E-state index in [-0.39, 0.29) is 35.3 Å². The maximum absolute atomic E-state index is 12.5. The zero-order chi connectivity index (χ0) is 17.4. The van der Waals surface area contributed by atoms with E-state index in [2.05, 4.69) is 33.0 Å². The molecule has 1 saturated carbocycles. The van der Waals surface area contributed by atoms with Gasteiger partial charge in [0, 0.05) is 5.92 Å². The number of amides is 1. The smallest absolute Gasteiger partial charge is 0.341 e. The van der Waals surface area contributed by atoms with E-state index in [0.717, 1.165) is 5.56 Å². The third-order valence-electron chi connectivity index (χ3n) is 5.38. The van der Waals surface area contributed by atoms with Gasteiger partial charge < -0.3 is 15.2 Å². The number of carbonyl (C=O) groups excluding carboxylic acids is 1. The number of nitrogens with one attached hydrogen (secondary N) is 1. The first-order chi connectivity index (χ1) is 10.6. The van der Waals surface area contributed by atoms with Crippen LogP contribution in [0, 0.1) is 16.7 Å². The summed E-state index contributed by atoms with van der Waals surface area (Å²) in [6.45, 7) is 10.1. The molecule has 1 unspecified atom stereocenters. The second-order valence-corrected chi connectivity index (χ2v) is 7.36. The zero-order valence-electron chi connectivity index (χ0n) is 14.3. The van der Waals surface area contributed by atoms with Gasteiger partial charge in [-0.05, 0) is 35.4 Å². The Hall–Kier alpha value is -2.04. The van der Waals surface area contributed by atoms with E-state index in [1.807, 2.05) is 19.1 Å². The topological polar surface area (TPSA) is 75.6 Å². The Labute approximate surface area is 137 Å². The van der Waals surface area contributed by atoms with Gasteiger partial charge in [-0.2, -0.15) is 0 Å². The van der Waals surface area contributed by atoms with Crippen LogP contribution in [0.25, 0.3) is 0 Å². The third-order valence-corrected chi connectivity index (χ3v) is 5.38. The molecule has 0 aromatic heterocycles. The predicted molar refractivity (Wildman–Crippen MR) is 87.2 cm³/mol. The molecular weight excluding hydrogens is 294 g/mol. The minimum Gasteiger partial charge on any atom is -0.482 e. The van der Waals surface area contributed by atoms with E-state index in [1.165, 1.54) is 0 Å². The highest BCUT2D eigenvalue weighted by Gasteiger charge is 2.68. The van der Waals surface area contributed by atoms with Crippen LogP contribution in [0.5, 0.6) is 5.75 Å². The summed E-state index contributed by atoms with van der Waals surface area (Å²) in [5.41, 5.74) is 0.994.